The Bertz CT molecular complexity index is 1510. The Morgan fingerprint density at radius 3 is 2.73 bits per heavy atom. The molecule has 1 atom stereocenters. The zero-order chi connectivity index (χ0) is 23.2. The second kappa shape index (κ2) is 8.21. The van der Waals surface area contributed by atoms with Crippen LogP contribution in [0.4, 0.5) is 0 Å². The van der Waals surface area contributed by atoms with Gasteiger partial charge in [-0.05, 0) is 47.5 Å². The van der Waals surface area contributed by atoms with Crippen LogP contribution in [0, 0.1) is 0 Å². The number of benzene rings is 2. The van der Waals surface area contributed by atoms with Crippen molar-refractivity contribution < 1.29 is 17.9 Å². The van der Waals surface area contributed by atoms with Gasteiger partial charge in [0, 0.05) is 23.2 Å². The number of methoxy groups -OCH3 is 1. The van der Waals surface area contributed by atoms with E-state index in [1.807, 2.05) is 18.2 Å². The number of rotatable bonds is 6. The maximum atomic E-state index is 13.4. The molecule has 2 aromatic carbocycles. The molecule has 5 rings (SSSR count). The monoisotopic (exact) mass is 502 g/mol. The van der Waals surface area contributed by atoms with Crippen LogP contribution >= 0.6 is 22.9 Å². The summed E-state index contributed by atoms with van der Waals surface area (Å²) in [6.07, 6.45) is 1.87. The van der Waals surface area contributed by atoms with Gasteiger partial charge in [0.2, 0.25) is 15.9 Å². The lowest BCUT2D eigenvalue weighted by Gasteiger charge is -2.26. The number of nitrogens with zero attached hydrogens (tertiary/aromatic N) is 2. The number of ether oxygens (including phenoxy) is 1. The number of halogens is 1. The van der Waals surface area contributed by atoms with E-state index < -0.39 is 15.6 Å². The lowest BCUT2D eigenvalue weighted by molar-refractivity contribution is -0.124. The van der Waals surface area contributed by atoms with Crippen molar-refractivity contribution in [1.82, 2.24) is 20.0 Å². The maximum Gasteiger partial charge on any atom is 0.241 e. The molecule has 2 N–H and O–H groups in total. The van der Waals surface area contributed by atoms with Crippen molar-refractivity contribution in [2.75, 3.05) is 13.7 Å². The third-order valence-electron chi connectivity index (χ3n) is 5.74. The predicted octanol–water partition coefficient (Wildman–Crippen LogP) is 3.29. The molecule has 1 fully saturated rings. The molecule has 0 spiro atoms. The van der Waals surface area contributed by atoms with E-state index in [-0.39, 0.29) is 17.2 Å². The quantitative estimate of drug-likeness (QED) is 0.391. The molecule has 33 heavy (non-hydrogen) atoms. The zero-order valence-corrected chi connectivity index (χ0v) is 19.9. The first-order chi connectivity index (χ1) is 15.8. The first-order valence-electron chi connectivity index (χ1n) is 10.1. The summed E-state index contributed by atoms with van der Waals surface area (Å²) in [5.41, 5.74) is -1.32. The van der Waals surface area contributed by atoms with Crippen molar-refractivity contribution >= 4 is 59.9 Å². The number of sulfonamides is 1. The van der Waals surface area contributed by atoms with Crippen molar-refractivity contribution in [2.45, 2.75) is 23.3 Å². The maximum absolute atomic E-state index is 13.4. The van der Waals surface area contributed by atoms with Crippen molar-refractivity contribution in [2.24, 2.45) is 0 Å². The molecule has 2 aromatic heterocycles. The lowest BCUT2D eigenvalue weighted by atomic mass is 9.94. The van der Waals surface area contributed by atoms with E-state index in [4.69, 9.17) is 16.3 Å². The summed E-state index contributed by atoms with van der Waals surface area (Å²) in [6, 6.07) is 12.1. The Morgan fingerprint density at radius 2 is 2.00 bits per heavy atom. The van der Waals surface area contributed by atoms with Gasteiger partial charge in [0.05, 0.1) is 12.0 Å². The van der Waals surface area contributed by atoms with Crippen LogP contribution < -0.4 is 14.8 Å². The van der Waals surface area contributed by atoms with E-state index in [9.17, 15) is 13.2 Å². The van der Waals surface area contributed by atoms with Crippen molar-refractivity contribution in [1.29, 1.82) is 0 Å². The molecular formula is C22H19ClN4O4S2. The predicted molar refractivity (Wildman–Crippen MR) is 127 cm³/mol. The Morgan fingerprint density at radius 1 is 1.18 bits per heavy atom. The molecule has 1 amide bonds. The second-order valence-corrected chi connectivity index (χ2v) is 11.0. The number of fused-ring (bicyclic) bond motifs is 2. The highest BCUT2D eigenvalue weighted by Crippen LogP contribution is 2.33. The number of thiophene rings is 1. The molecular weight excluding hydrogens is 484 g/mol. The van der Waals surface area contributed by atoms with E-state index >= 15 is 0 Å². The molecule has 0 unspecified atom stereocenters. The van der Waals surface area contributed by atoms with Crippen molar-refractivity contribution in [3.05, 3.63) is 58.8 Å². The number of carbonyl (C=O) groups is 1. The van der Waals surface area contributed by atoms with Crippen LogP contribution in [0.2, 0.25) is 5.15 Å². The summed E-state index contributed by atoms with van der Waals surface area (Å²) < 4.78 is 34.7. The van der Waals surface area contributed by atoms with Crippen molar-refractivity contribution in [3.8, 4) is 5.75 Å². The number of hydrogen-bond donors (Lipinski definition) is 2. The largest absolute Gasteiger partial charge is 0.497 e. The van der Waals surface area contributed by atoms with Gasteiger partial charge in [0.15, 0.2) is 0 Å². The summed E-state index contributed by atoms with van der Waals surface area (Å²) >= 11 is 7.52. The van der Waals surface area contributed by atoms with Gasteiger partial charge in [-0.3, -0.25) is 4.79 Å². The highest BCUT2D eigenvalue weighted by Gasteiger charge is 2.46. The van der Waals surface area contributed by atoms with E-state index in [0.29, 0.717) is 34.1 Å². The number of carbonyl (C=O) groups excluding carboxylic acids is 1. The van der Waals surface area contributed by atoms with Crippen molar-refractivity contribution in [3.63, 3.8) is 0 Å². The number of nitrogens with one attached hydrogen (secondary N) is 2. The summed E-state index contributed by atoms with van der Waals surface area (Å²) in [5, 5.41) is 5.36. The van der Waals surface area contributed by atoms with Crippen LogP contribution in [0.1, 0.15) is 11.3 Å². The third kappa shape index (κ3) is 4.04. The summed E-state index contributed by atoms with van der Waals surface area (Å²) in [6.45, 7) is 0.377. The summed E-state index contributed by atoms with van der Waals surface area (Å²) in [7, 11) is -2.45. The van der Waals surface area contributed by atoms with E-state index in [1.54, 1.807) is 25.3 Å². The normalized spacial score (nSPS) is 18.7. The molecule has 11 heteroatoms. The molecule has 0 radical (unpaired) electrons. The molecule has 1 aliphatic heterocycles. The molecule has 4 aromatic rings. The lowest BCUT2D eigenvalue weighted by Crippen LogP contribution is -2.54. The van der Waals surface area contributed by atoms with Gasteiger partial charge in [0.1, 0.15) is 27.6 Å². The molecule has 8 nitrogen and oxygen atoms in total. The van der Waals surface area contributed by atoms with E-state index in [1.165, 1.54) is 23.7 Å². The number of amides is 1. The molecule has 0 bridgehead atoms. The second-order valence-electron chi connectivity index (χ2n) is 7.84. The van der Waals surface area contributed by atoms with Gasteiger partial charge in [-0.25, -0.2) is 18.4 Å². The Labute approximate surface area is 199 Å². The molecule has 0 saturated carbocycles. The first kappa shape index (κ1) is 22.0. The van der Waals surface area contributed by atoms with Gasteiger partial charge in [-0.2, -0.15) is 4.72 Å². The molecule has 0 aliphatic carbocycles. The van der Waals surface area contributed by atoms with Gasteiger partial charge < -0.3 is 10.1 Å². The molecule has 1 aliphatic rings. The topological polar surface area (TPSA) is 110 Å². The molecule has 3 heterocycles. The highest BCUT2D eigenvalue weighted by molar-refractivity contribution is 7.89. The Balaban J connectivity index is 1.51. The Hall–Kier alpha value is -2.79. The van der Waals surface area contributed by atoms with Crippen LogP contribution in [0.5, 0.6) is 5.75 Å². The Kier molecular flexibility index (Phi) is 5.48. The fraction of sp³-hybridized carbons (Fsp3) is 0.227. The van der Waals surface area contributed by atoms with Crippen LogP contribution in [0.3, 0.4) is 0 Å². The standard InChI is InChI=1S/C22H19ClN4O4S2/c1-31-15-4-2-13-3-5-17(9-14(13)8-15)33(29,30)27-22(6-7-24-21(22)28)11-16-10-18-19(23)25-12-26-20(18)32-16/h2-5,8-10,12,27H,6-7,11H2,1H3,(H,24,28)/t22-/m0/s1. The van der Waals surface area contributed by atoms with E-state index in [2.05, 4.69) is 20.0 Å². The molecule has 1 saturated heterocycles. The fourth-order valence-electron chi connectivity index (χ4n) is 4.05. The van der Waals surface area contributed by atoms with Crippen LogP contribution in [0.25, 0.3) is 21.0 Å². The van der Waals surface area contributed by atoms with E-state index in [0.717, 1.165) is 15.6 Å². The fourth-order valence-corrected chi connectivity index (χ4v) is 6.83. The minimum Gasteiger partial charge on any atom is -0.497 e. The van der Waals surface area contributed by atoms with Crippen LogP contribution in [0.15, 0.2) is 53.7 Å². The highest BCUT2D eigenvalue weighted by atomic mass is 35.5. The average molecular weight is 503 g/mol. The summed E-state index contributed by atoms with van der Waals surface area (Å²) in [4.78, 5) is 22.6. The minimum atomic E-state index is -4.01. The summed E-state index contributed by atoms with van der Waals surface area (Å²) in [5.74, 6) is 0.270. The third-order valence-corrected chi connectivity index (χ3v) is 8.62. The first-order valence-corrected chi connectivity index (χ1v) is 12.8. The van der Waals surface area contributed by atoms with Gasteiger partial charge in [0.25, 0.3) is 0 Å². The number of hydrogen-bond acceptors (Lipinski definition) is 7. The van der Waals surface area contributed by atoms with Crippen LogP contribution in [-0.2, 0) is 21.2 Å². The number of aromatic nitrogens is 2. The van der Waals surface area contributed by atoms with Crippen LogP contribution in [-0.4, -0.2) is 43.5 Å². The van der Waals surface area contributed by atoms with Gasteiger partial charge >= 0.3 is 0 Å². The SMILES string of the molecule is COc1ccc2ccc(S(=O)(=O)N[C@]3(Cc4cc5c(Cl)ncnc5s4)CCNC3=O)cc2c1. The average Bonchev–Trinajstić information content (AvgIpc) is 3.36. The molecule has 170 valence electrons. The smallest absolute Gasteiger partial charge is 0.241 e. The van der Waals surface area contributed by atoms with Gasteiger partial charge in [-0.15, -0.1) is 11.3 Å². The van der Waals surface area contributed by atoms with Gasteiger partial charge in [-0.1, -0.05) is 23.7 Å². The minimum absolute atomic E-state index is 0.0765. The zero-order valence-electron chi connectivity index (χ0n) is 17.5.